The number of carbonyl (C=O) groups excluding carboxylic acids is 1. The molecule has 4 heteroatoms. The quantitative estimate of drug-likeness (QED) is 0.816. The molecule has 0 saturated carbocycles. The van der Waals surface area contributed by atoms with Crippen molar-refractivity contribution in [2.24, 2.45) is 0 Å². The third-order valence-electron chi connectivity index (χ3n) is 2.29. The minimum Gasteiger partial charge on any atom is -0.497 e. The Balaban J connectivity index is 2.31. The van der Waals surface area contributed by atoms with Gasteiger partial charge in [0.2, 0.25) is 0 Å². The number of methoxy groups -OCH3 is 1. The molecule has 1 aromatic carbocycles. The van der Waals surface area contributed by atoms with Gasteiger partial charge in [0.05, 0.1) is 7.11 Å². The van der Waals surface area contributed by atoms with Crippen molar-refractivity contribution < 1.29 is 14.3 Å². The topological polar surface area (TPSA) is 47.6 Å². The maximum atomic E-state index is 11.3. The number of ether oxygens (including phenoxy) is 2. The minimum atomic E-state index is -0.414. The highest BCUT2D eigenvalue weighted by molar-refractivity contribution is 5.67. The van der Waals surface area contributed by atoms with Gasteiger partial charge in [0.25, 0.3) is 0 Å². The number of amides is 1. The predicted octanol–water partition coefficient (Wildman–Crippen LogP) is 2.89. The van der Waals surface area contributed by atoms with Crippen molar-refractivity contribution in [2.75, 3.05) is 13.7 Å². The number of carbonyl (C=O) groups is 1. The lowest BCUT2D eigenvalue weighted by Crippen LogP contribution is -2.24. The number of alkyl carbamates (subject to hydrolysis) is 1. The van der Waals surface area contributed by atoms with Crippen molar-refractivity contribution in [1.29, 1.82) is 0 Å². The van der Waals surface area contributed by atoms with Gasteiger partial charge in [-0.1, -0.05) is 23.8 Å². The van der Waals surface area contributed by atoms with Crippen LogP contribution in [-0.4, -0.2) is 19.7 Å². The molecule has 0 fully saturated rings. The number of hydrogen-bond donors (Lipinski definition) is 1. The van der Waals surface area contributed by atoms with Crippen LogP contribution in [0.5, 0.6) is 5.75 Å². The lowest BCUT2D eigenvalue weighted by Gasteiger charge is -2.06. The number of nitrogens with one attached hydrogen (secondary N) is 1. The summed E-state index contributed by atoms with van der Waals surface area (Å²) in [5.41, 5.74) is 2.08. The van der Waals surface area contributed by atoms with Crippen LogP contribution < -0.4 is 10.1 Å². The molecule has 0 aliphatic carbocycles. The zero-order valence-electron chi connectivity index (χ0n) is 11.0. The van der Waals surface area contributed by atoms with Crippen LogP contribution in [0.15, 0.2) is 35.9 Å². The van der Waals surface area contributed by atoms with E-state index in [4.69, 9.17) is 9.47 Å². The molecule has 0 radical (unpaired) electrons. The number of rotatable bonds is 5. The Labute approximate surface area is 108 Å². The zero-order valence-corrected chi connectivity index (χ0v) is 11.0. The van der Waals surface area contributed by atoms with E-state index >= 15 is 0 Å². The minimum absolute atomic E-state index is 0.255. The highest BCUT2D eigenvalue weighted by Gasteiger charge is 2.01. The van der Waals surface area contributed by atoms with Crippen molar-refractivity contribution in [3.05, 3.63) is 41.5 Å². The summed E-state index contributed by atoms with van der Waals surface area (Å²) in [7, 11) is 1.61. The van der Waals surface area contributed by atoms with Gasteiger partial charge in [-0.2, -0.15) is 0 Å². The first-order valence-electron chi connectivity index (χ1n) is 5.78. The molecule has 1 rings (SSSR count). The molecule has 1 N–H and O–H groups in total. The first-order chi connectivity index (χ1) is 8.61. The summed E-state index contributed by atoms with van der Waals surface area (Å²) in [4.78, 5) is 11.3. The van der Waals surface area contributed by atoms with Gasteiger partial charge in [0.15, 0.2) is 0 Å². The average Bonchev–Trinajstić information content (AvgIpc) is 2.36. The van der Waals surface area contributed by atoms with E-state index in [9.17, 15) is 4.79 Å². The smallest absolute Gasteiger partial charge is 0.407 e. The second-order valence-electron chi connectivity index (χ2n) is 4.09. The van der Waals surface area contributed by atoms with E-state index in [2.05, 4.69) is 5.32 Å². The highest BCUT2D eigenvalue weighted by atomic mass is 16.5. The van der Waals surface area contributed by atoms with Crippen LogP contribution >= 0.6 is 0 Å². The van der Waals surface area contributed by atoms with E-state index < -0.39 is 6.09 Å². The number of allylic oxidation sites excluding steroid dienone is 1. The first kappa shape index (κ1) is 14.1. The molecule has 0 spiro atoms. The molecule has 0 aliphatic heterocycles. The second-order valence-corrected chi connectivity index (χ2v) is 4.09. The average molecular weight is 249 g/mol. The fourth-order valence-corrected chi connectivity index (χ4v) is 1.26. The van der Waals surface area contributed by atoms with E-state index in [1.165, 1.54) is 0 Å². The largest absolute Gasteiger partial charge is 0.497 e. The molecule has 0 aliphatic rings. The van der Waals surface area contributed by atoms with Crippen molar-refractivity contribution in [2.45, 2.75) is 20.5 Å². The van der Waals surface area contributed by atoms with Crippen LogP contribution in [0.2, 0.25) is 0 Å². The Kier molecular flexibility index (Phi) is 5.77. The standard InChI is InChI=1S/C14H19NO3/c1-11(2)8-9-15-14(16)18-10-12-4-6-13(17-3)7-5-12/h4-8H,9-10H2,1-3H3,(H,15,16). The van der Waals surface area contributed by atoms with Crippen molar-refractivity contribution in [1.82, 2.24) is 5.32 Å². The molecule has 4 nitrogen and oxygen atoms in total. The SMILES string of the molecule is COc1ccc(COC(=O)NCC=C(C)C)cc1. The normalized spacial score (nSPS) is 9.50. The van der Waals surface area contributed by atoms with Gasteiger partial charge >= 0.3 is 6.09 Å². The summed E-state index contributed by atoms with van der Waals surface area (Å²) in [6.07, 6.45) is 1.51. The van der Waals surface area contributed by atoms with Crippen molar-refractivity contribution in [3.8, 4) is 5.75 Å². The van der Waals surface area contributed by atoms with E-state index in [1.807, 2.05) is 44.2 Å². The molecule has 1 amide bonds. The van der Waals surface area contributed by atoms with Crippen LogP contribution in [-0.2, 0) is 11.3 Å². The summed E-state index contributed by atoms with van der Waals surface area (Å²) in [6, 6.07) is 7.39. The third-order valence-corrected chi connectivity index (χ3v) is 2.29. The van der Waals surface area contributed by atoms with Gasteiger partial charge < -0.3 is 14.8 Å². The molecule has 0 aromatic heterocycles. The second kappa shape index (κ2) is 7.37. The van der Waals surface area contributed by atoms with Crippen LogP contribution in [0.25, 0.3) is 0 Å². The third kappa shape index (κ3) is 5.39. The van der Waals surface area contributed by atoms with Crippen LogP contribution in [0.3, 0.4) is 0 Å². The lowest BCUT2D eigenvalue weighted by atomic mass is 10.2. The molecular weight excluding hydrogens is 230 g/mol. The van der Waals surface area contributed by atoms with Crippen LogP contribution in [0.1, 0.15) is 19.4 Å². The Morgan fingerprint density at radius 3 is 2.50 bits per heavy atom. The van der Waals surface area contributed by atoms with E-state index in [0.29, 0.717) is 6.54 Å². The molecule has 0 atom stereocenters. The van der Waals surface area contributed by atoms with E-state index in [1.54, 1.807) is 7.11 Å². The van der Waals surface area contributed by atoms with Gasteiger partial charge in [-0.3, -0.25) is 0 Å². The molecular formula is C14H19NO3. The van der Waals surface area contributed by atoms with Crippen LogP contribution in [0, 0.1) is 0 Å². The fourth-order valence-electron chi connectivity index (χ4n) is 1.26. The molecule has 0 bridgehead atoms. The number of hydrogen-bond acceptors (Lipinski definition) is 3. The molecule has 0 unspecified atom stereocenters. The summed E-state index contributed by atoms with van der Waals surface area (Å²) >= 11 is 0. The summed E-state index contributed by atoms with van der Waals surface area (Å²) in [5.74, 6) is 0.784. The first-order valence-corrected chi connectivity index (χ1v) is 5.78. The monoisotopic (exact) mass is 249 g/mol. The van der Waals surface area contributed by atoms with Gasteiger partial charge in [-0.15, -0.1) is 0 Å². The van der Waals surface area contributed by atoms with E-state index in [-0.39, 0.29) is 6.61 Å². The maximum absolute atomic E-state index is 11.3. The number of benzene rings is 1. The van der Waals surface area contributed by atoms with Crippen molar-refractivity contribution in [3.63, 3.8) is 0 Å². The molecule has 1 aromatic rings. The van der Waals surface area contributed by atoms with Gasteiger partial charge in [0.1, 0.15) is 12.4 Å². The summed E-state index contributed by atoms with van der Waals surface area (Å²) < 4.78 is 10.1. The highest BCUT2D eigenvalue weighted by Crippen LogP contribution is 2.11. The molecule has 0 saturated heterocycles. The fraction of sp³-hybridized carbons (Fsp3) is 0.357. The molecule has 18 heavy (non-hydrogen) atoms. The van der Waals surface area contributed by atoms with Gasteiger partial charge in [-0.25, -0.2) is 4.79 Å². The van der Waals surface area contributed by atoms with Gasteiger partial charge in [0, 0.05) is 6.54 Å². The molecule has 98 valence electrons. The Morgan fingerprint density at radius 2 is 1.94 bits per heavy atom. The van der Waals surface area contributed by atoms with Gasteiger partial charge in [-0.05, 0) is 31.5 Å². The Bertz CT molecular complexity index is 406. The predicted molar refractivity (Wildman–Crippen MR) is 70.6 cm³/mol. The summed E-state index contributed by atoms with van der Waals surface area (Å²) in [5, 5.41) is 2.64. The van der Waals surface area contributed by atoms with Crippen molar-refractivity contribution >= 4 is 6.09 Å². The summed E-state index contributed by atoms with van der Waals surface area (Å²) in [6.45, 7) is 4.70. The van der Waals surface area contributed by atoms with E-state index in [0.717, 1.165) is 16.9 Å². The maximum Gasteiger partial charge on any atom is 0.407 e. The van der Waals surface area contributed by atoms with Crippen LogP contribution in [0.4, 0.5) is 4.79 Å². The molecule has 0 heterocycles. The lowest BCUT2D eigenvalue weighted by molar-refractivity contribution is 0.140. The Hall–Kier alpha value is -1.97. The Morgan fingerprint density at radius 1 is 1.28 bits per heavy atom. The zero-order chi connectivity index (χ0) is 13.4.